The van der Waals surface area contributed by atoms with Gasteiger partial charge in [-0.2, -0.15) is 0 Å². The van der Waals surface area contributed by atoms with E-state index in [-0.39, 0.29) is 5.75 Å². The third-order valence-corrected chi connectivity index (χ3v) is 7.08. The van der Waals surface area contributed by atoms with Gasteiger partial charge >= 0.3 is 0 Å². The molecule has 3 aliphatic rings. The van der Waals surface area contributed by atoms with Crippen LogP contribution in [0, 0.1) is 17.7 Å². The summed E-state index contributed by atoms with van der Waals surface area (Å²) in [6, 6.07) is 18.6. The number of nitrogens with zero attached hydrogens (tertiary/aromatic N) is 1. The lowest BCUT2D eigenvalue weighted by molar-refractivity contribution is -0.130. The Hall–Kier alpha value is -4.04. The second-order valence-corrected chi connectivity index (χ2v) is 8.92. The van der Waals surface area contributed by atoms with Gasteiger partial charge in [-0.15, -0.1) is 0 Å². The summed E-state index contributed by atoms with van der Waals surface area (Å²) >= 11 is 0. The number of hydrogen-bond donors (Lipinski definition) is 3. The predicted octanol–water partition coefficient (Wildman–Crippen LogP) is 2.70. The lowest BCUT2D eigenvalue weighted by Crippen LogP contribution is -2.53. The van der Waals surface area contributed by atoms with E-state index in [9.17, 15) is 23.9 Å². The minimum Gasteiger partial charge on any atom is -0.508 e. The summed E-state index contributed by atoms with van der Waals surface area (Å²) in [6.07, 6.45) is 0.336. The fourth-order valence-corrected chi connectivity index (χ4v) is 5.67. The van der Waals surface area contributed by atoms with Crippen LogP contribution in [0.3, 0.4) is 0 Å². The molecule has 0 bridgehead atoms. The molecular formula is C26H20FN3O4. The summed E-state index contributed by atoms with van der Waals surface area (Å²) in [5.41, 5.74) is 0.434. The standard InChI is InChI=1S/C26H20FN3O4/c27-15-8-11-19-18(13-15)26(25(34)28-19)22-21(20(29-26)12-14-6-9-17(31)10-7-14)23(32)30(24(22)33)16-4-2-1-3-5-16/h1-11,13,20-22,29,31H,12H2,(H,28,34)/t20-,21-,22+,26-/m1/s1. The van der Waals surface area contributed by atoms with Crippen molar-refractivity contribution < 1.29 is 23.9 Å². The Balaban J connectivity index is 1.50. The van der Waals surface area contributed by atoms with E-state index in [0.29, 0.717) is 23.4 Å². The number of halogens is 1. The molecule has 4 atom stereocenters. The van der Waals surface area contributed by atoms with Gasteiger partial charge in [0.15, 0.2) is 0 Å². The highest BCUT2D eigenvalue weighted by Gasteiger charge is 2.70. The number of imide groups is 1. The van der Waals surface area contributed by atoms with Gasteiger partial charge in [-0.1, -0.05) is 30.3 Å². The predicted molar refractivity (Wildman–Crippen MR) is 121 cm³/mol. The van der Waals surface area contributed by atoms with Crippen molar-refractivity contribution in [1.29, 1.82) is 0 Å². The molecule has 3 aromatic carbocycles. The van der Waals surface area contributed by atoms with Gasteiger partial charge in [0.25, 0.3) is 0 Å². The smallest absolute Gasteiger partial charge is 0.250 e. The monoisotopic (exact) mass is 457 g/mol. The van der Waals surface area contributed by atoms with Crippen LogP contribution in [-0.2, 0) is 26.3 Å². The van der Waals surface area contributed by atoms with E-state index in [0.717, 1.165) is 10.5 Å². The minimum absolute atomic E-state index is 0.111. The van der Waals surface area contributed by atoms with E-state index in [1.807, 2.05) is 0 Å². The largest absolute Gasteiger partial charge is 0.508 e. The zero-order valence-corrected chi connectivity index (χ0v) is 17.9. The fourth-order valence-electron chi connectivity index (χ4n) is 5.67. The molecule has 3 N–H and O–H groups in total. The number of aromatic hydroxyl groups is 1. The number of benzene rings is 3. The minimum atomic E-state index is -1.57. The van der Waals surface area contributed by atoms with Crippen LogP contribution >= 0.6 is 0 Å². The highest BCUT2D eigenvalue weighted by Crippen LogP contribution is 2.54. The number of phenolic OH excluding ortho intramolecular Hbond substituents is 1. The first-order valence-corrected chi connectivity index (χ1v) is 11.0. The first kappa shape index (κ1) is 20.6. The number of carbonyl (C=O) groups excluding carboxylic acids is 3. The van der Waals surface area contributed by atoms with Gasteiger partial charge in [-0.3, -0.25) is 19.7 Å². The van der Waals surface area contributed by atoms with Gasteiger partial charge < -0.3 is 10.4 Å². The summed E-state index contributed by atoms with van der Waals surface area (Å²) in [6.45, 7) is 0. The molecular weight excluding hydrogens is 437 g/mol. The average Bonchev–Trinajstić information content (AvgIpc) is 3.40. The highest BCUT2D eigenvalue weighted by molar-refractivity contribution is 6.25. The number of amides is 3. The quantitative estimate of drug-likeness (QED) is 0.526. The Labute approximate surface area is 194 Å². The van der Waals surface area contributed by atoms with Crippen LogP contribution in [0.15, 0.2) is 72.8 Å². The number of hydrogen-bond acceptors (Lipinski definition) is 5. The molecule has 3 heterocycles. The van der Waals surface area contributed by atoms with Crippen LogP contribution in [0.25, 0.3) is 0 Å². The second kappa shape index (κ2) is 7.23. The van der Waals surface area contributed by atoms with E-state index >= 15 is 0 Å². The molecule has 3 amide bonds. The molecule has 0 aromatic heterocycles. The first-order valence-electron chi connectivity index (χ1n) is 11.0. The Morgan fingerprint density at radius 1 is 0.941 bits per heavy atom. The van der Waals surface area contributed by atoms with E-state index < -0.39 is 47.0 Å². The third-order valence-electron chi connectivity index (χ3n) is 7.08. The molecule has 170 valence electrons. The van der Waals surface area contributed by atoms with Crippen molar-refractivity contribution >= 4 is 29.1 Å². The van der Waals surface area contributed by atoms with Crippen molar-refractivity contribution in [2.24, 2.45) is 11.8 Å². The van der Waals surface area contributed by atoms with E-state index in [2.05, 4.69) is 10.6 Å². The maximum atomic E-state index is 14.3. The molecule has 6 rings (SSSR count). The topological polar surface area (TPSA) is 98.7 Å². The van der Waals surface area contributed by atoms with E-state index in [1.54, 1.807) is 54.6 Å². The Kier molecular flexibility index (Phi) is 4.37. The summed E-state index contributed by atoms with van der Waals surface area (Å²) in [7, 11) is 0. The molecule has 0 saturated carbocycles. The molecule has 0 radical (unpaired) electrons. The Morgan fingerprint density at radius 3 is 2.41 bits per heavy atom. The Bertz CT molecular complexity index is 1340. The molecule has 34 heavy (non-hydrogen) atoms. The van der Waals surface area contributed by atoms with Gasteiger partial charge in [0, 0.05) is 17.3 Å². The van der Waals surface area contributed by atoms with Crippen molar-refractivity contribution in [2.45, 2.75) is 18.0 Å². The number of fused-ring (bicyclic) bond motifs is 4. The number of nitrogens with one attached hydrogen (secondary N) is 2. The maximum absolute atomic E-state index is 14.3. The second-order valence-electron chi connectivity index (χ2n) is 8.92. The van der Waals surface area contributed by atoms with Crippen LogP contribution in [0.1, 0.15) is 11.1 Å². The van der Waals surface area contributed by atoms with Crippen molar-refractivity contribution in [3.05, 3.63) is 89.7 Å². The zero-order chi connectivity index (χ0) is 23.6. The lowest BCUT2D eigenvalue weighted by atomic mass is 9.76. The molecule has 2 fully saturated rings. The molecule has 3 aliphatic heterocycles. The fraction of sp³-hybridized carbons (Fsp3) is 0.192. The van der Waals surface area contributed by atoms with E-state index in [1.165, 1.54) is 18.2 Å². The highest BCUT2D eigenvalue weighted by atomic mass is 19.1. The van der Waals surface area contributed by atoms with Gasteiger partial charge in [-0.25, -0.2) is 9.29 Å². The van der Waals surface area contributed by atoms with Gasteiger partial charge in [-0.05, 0) is 54.4 Å². The average molecular weight is 457 g/mol. The summed E-state index contributed by atoms with van der Waals surface area (Å²) in [5.74, 6) is -3.66. The van der Waals surface area contributed by atoms with Crippen LogP contribution in [0.5, 0.6) is 5.75 Å². The SMILES string of the molecule is O=C1[C@H]2[C@@H](C(=O)N1c1ccccc1)[C@@]1(N[C@@H]2Cc2ccc(O)cc2)C(=O)Nc2ccc(F)cc21. The zero-order valence-electron chi connectivity index (χ0n) is 17.9. The van der Waals surface area contributed by atoms with Crippen LogP contribution in [0.2, 0.25) is 0 Å². The third kappa shape index (κ3) is 2.75. The van der Waals surface area contributed by atoms with Crippen molar-refractivity contribution in [2.75, 3.05) is 10.2 Å². The van der Waals surface area contributed by atoms with Gasteiger partial charge in [0.05, 0.1) is 17.5 Å². The van der Waals surface area contributed by atoms with Gasteiger partial charge in [0.2, 0.25) is 17.7 Å². The van der Waals surface area contributed by atoms with Crippen LogP contribution in [-0.4, -0.2) is 28.9 Å². The molecule has 3 aromatic rings. The summed E-state index contributed by atoms with van der Waals surface area (Å²) in [5, 5.41) is 15.7. The number of phenols is 1. The van der Waals surface area contributed by atoms with Crippen molar-refractivity contribution in [1.82, 2.24) is 5.32 Å². The molecule has 0 unspecified atom stereocenters. The number of rotatable bonds is 3. The van der Waals surface area contributed by atoms with Crippen molar-refractivity contribution in [3.8, 4) is 5.75 Å². The van der Waals surface area contributed by atoms with Gasteiger partial charge in [0.1, 0.15) is 17.1 Å². The lowest BCUT2D eigenvalue weighted by Gasteiger charge is -2.29. The molecule has 8 heteroatoms. The number of anilines is 2. The molecule has 7 nitrogen and oxygen atoms in total. The normalized spacial score (nSPS) is 27.3. The molecule has 1 spiro atoms. The molecule has 0 aliphatic carbocycles. The summed E-state index contributed by atoms with van der Waals surface area (Å²) < 4.78 is 14.3. The number of para-hydroxylation sites is 1. The summed E-state index contributed by atoms with van der Waals surface area (Å²) in [4.78, 5) is 42.1. The van der Waals surface area contributed by atoms with Crippen LogP contribution < -0.4 is 15.5 Å². The first-order chi connectivity index (χ1) is 16.4. The van der Waals surface area contributed by atoms with E-state index in [4.69, 9.17) is 0 Å². The van der Waals surface area contributed by atoms with Crippen molar-refractivity contribution in [3.63, 3.8) is 0 Å². The maximum Gasteiger partial charge on any atom is 0.250 e. The Morgan fingerprint density at radius 2 is 1.68 bits per heavy atom. The number of carbonyl (C=O) groups is 3. The molecule has 2 saturated heterocycles. The van der Waals surface area contributed by atoms with Crippen LogP contribution in [0.4, 0.5) is 15.8 Å².